The van der Waals surface area contributed by atoms with Crippen molar-refractivity contribution in [3.63, 3.8) is 0 Å². The van der Waals surface area contributed by atoms with Gasteiger partial charge >= 0.3 is 0 Å². The lowest BCUT2D eigenvalue weighted by atomic mass is 10.1. The first-order valence-electron chi connectivity index (χ1n) is 9.66. The van der Waals surface area contributed by atoms with Crippen molar-refractivity contribution >= 4 is 32.4 Å². The topological polar surface area (TPSA) is 62.4 Å². The Morgan fingerprint density at radius 2 is 2.13 bits per heavy atom. The lowest BCUT2D eigenvalue weighted by Gasteiger charge is -2.16. The van der Waals surface area contributed by atoms with E-state index < -0.39 is 5.92 Å². The first-order chi connectivity index (χ1) is 14.5. The van der Waals surface area contributed by atoms with Crippen molar-refractivity contribution in [1.29, 1.82) is 5.41 Å². The molecular weight excluding hydrogens is 408 g/mol. The molecule has 154 valence electrons. The number of hydrogen-bond acceptors (Lipinski definition) is 6. The van der Waals surface area contributed by atoms with E-state index in [4.69, 9.17) is 14.6 Å². The highest BCUT2D eigenvalue weighted by Crippen LogP contribution is 2.28. The molecule has 1 aliphatic rings. The zero-order valence-corrected chi connectivity index (χ0v) is 16.8. The van der Waals surface area contributed by atoms with Crippen LogP contribution in [0, 0.1) is 5.41 Å². The van der Waals surface area contributed by atoms with Crippen molar-refractivity contribution in [2.75, 3.05) is 26.2 Å². The second kappa shape index (κ2) is 7.45. The number of halogens is 2. The number of fused-ring (bicyclic) bond motifs is 2. The zero-order chi connectivity index (χ0) is 20.7. The highest BCUT2D eigenvalue weighted by molar-refractivity contribution is 7.17. The zero-order valence-electron chi connectivity index (χ0n) is 16.0. The Balaban J connectivity index is 1.34. The molecule has 0 radical (unpaired) electrons. The summed E-state index contributed by atoms with van der Waals surface area (Å²) >= 11 is 1.63. The van der Waals surface area contributed by atoms with E-state index in [1.165, 1.54) is 0 Å². The first-order valence-corrected chi connectivity index (χ1v) is 10.5. The maximum absolute atomic E-state index is 13.3. The fourth-order valence-electron chi connectivity index (χ4n) is 3.66. The van der Waals surface area contributed by atoms with E-state index in [0.29, 0.717) is 53.2 Å². The Morgan fingerprint density at radius 1 is 1.23 bits per heavy atom. The van der Waals surface area contributed by atoms with Crippen molar-refractivity contribution < 1.29 is 17.9 Å². The number of nitrogens with one attached hydrogen (secondary N) is 1. The molecule has 4 heterocycles. The molecule has 0 aliphatic carbocycles. The monoisotopic (exact) mass is 427 g/mol. The number of ether oxygens (including phenoxy) is 1. The van der Waals surface area contributed by atoms with Crippen molar-refractivity contribution in [2.24, 2.45) is 0 Å². The fourth-order valence-corrected chi connectivity index (χ4v) is 4.46. The molecule has 1 aliphatic heterocycles. The maximum Gasteiger partial charge on any atom is 0.261 e. The van der Waals surface area contributed by atoms with Gasteiger partial charge in [-0.15, -0.1) is 11.3 Å². The van der Waals surface area contributed by atoms with E-state index in [1.807, 2.05) is 17.5 Å². The molecule has 0 unspecified atom stereocenters. The third-order valence-corrected chi connectivity index (χ3v) is 6.13. The largest absolute Gasteiger partial charge is 0.492 e. The van der Waals surface area contributed by atoms with Crippen LogP contribution in [0.4, 0.5) is 8.78 Å². The molecule has 30 heavy (non-hydrogen) atoms. The lowest BCUT2D eigenvalue weighted by Crippen LogP contribution is -2.29. The van der Waals surface area contributed by atoms with E-state index in [1.54, 1.807) is 46.7 Å². The van der Waals surface area contributed by atoms with Crippen LogP contribution in [0.5, 0.6) is 5.75 Å². The van der Waals surface area contributed by atoms with Crippen LogP contribution in [0.3, 0.4) is 0 Å². The summed E-state index contributed by atoms with van der Waals surface area (Å²) in [5, 5.41) is 12.4. The number of alkyl halides is 2. The van der Waals surface area contributed by atoms with Gasteiger partial charge in [0.15, 0.2) is 5.76 Å². The minimum atomic E-state index is -2.59. The van der Waals surface area contributed by atoms with Crippen LogP contribution in [0.25, 0.3) is 32.5 Å². The molecule has 0 amide bonds. The minimum absolute atomic E-state index is 0.0940. The third-order valence-electron chi connectivity index (χ3n) is 5.25. The number of benzene rings is 1. The molecule has 1 aromatic carbocycles. The van der Waals surface area contributed by atoms with Gasteiger partial charge in [0, 0.05) is 47.2 Å². The van der Waals surface area contributed by atoms with Gasteiger partial charge in [-0.1, -0.05) is 0 Å². The minimum Gasteiger partial charge on any atom is -0.492 e. The normalized spacial score (nSPS) is 16.5. The summed E-state index contributed by atoms with van der Waals surface area (Å²) in [6.07, 6.45) is 1.71. The molecule has 0 atom stereocenters. The van der Waals surface area contributed by atoms with Gasteiger partial charge in [0.25, 0.3) is 5.92 Å². The van der Waals surface area contributed by atoms with Crippen LogP contribution in [-0.2, 0) is 0 Å². The summed E-state index contributed by atoms with van der Waals surface area (Å²) in [5.41, 5.74) is 1.25. The van der Waals surface area contributed by atoms with Crippen LogP contribution >= 0.6 is 11.3 Å². The predicted octanol–water partition coefficient (Wildman–Crippen LogP) is 4.91. The molecule has 5 rings (SSSR count). The van der Waals surface area contributed by atoms with Crippen molar-refractivity contribution in [2.45, 2.75) is 12.3 Å². The summed E-state index contributed by atoms with van der Waals surface area (Å²) in [4.78, 5) is 6.15. The van der Waals surface area contributed by atoms with Gasteiger partial charge < -0.3 is 9.15 Å². The first kappa shape index (κ1) is 19.1. The lowest BCUT2D eigenvalue weighted by molar-refractivity contribution is 0.0113. The van der Waals surface area contributed by atoms with Gasteiger partial charge in [-0.05, 0) is 35.7 Å². The van der Waals surface area contributed by atoms with Gasteiger partial charge in [-0.2, -0.15) is 0 Å². The highest BCUT2D eigenvalue weighted by Gasteiger charge is 2.37. The second-order valence-corrected chi connectivity index (χ2v) is 8.39. The summed E-state index contributed by atoms with van der Waals surface area (Å²) in [7, 11) is 0. The van der Waals surface area contributed by atoms with E-state index in [2.05, 4.69) is 4.98 Å². The average Bonchev–Trinajstić information content (AvgIpc) is 3.33. The number of pyridine rings is 1. The Hall–Kier alpha value is -2.84. The molecule has 8 heteroatoms. The molecule has 0 bridgehead atoms. The molecule has 4 aromatic rings. The van der Waals surface area contributed by atoms with Crippen LogP contribution in [0.2, 0.25) is 0 Å². The number of rotatable bonds is 5. The molecule has 1 fully saturated rings. The Bertz CT molecular complexity index is 1280. The van der Waals surface area contributed by atoms with E-state index >= 15 is 0 Å². The molecular formula is C22H19F2N3O2S. The molecule has 5 nitrogen and oxygen atoms in total. The predicted molar refractivity (Wildman–Crippen MR) is 112 cm³/mol. The number of likely N-dealkylation sites (tertiary alicyclic amines) is 1. The van der Waals surface area contributed by atoms with Gasteiger partial charge in [-0.25, -0.2) is 8.78 Å². The van der Waals surface area contributed by atoms with Crippen LogP contribution in [0.1, 0.15) is 6.42 Å². The SMILES string of the molecule is N=c1cc(-c2cc3sccc3cn2)oc2ccc(OCCN3CCC(F)(F)C3)cc12. The number of nitrogens with zero attached hydrogens (tertiary/aromatic N) is 2. The summed E-state index contributed by atoms with van der Waals surface area (Å²) in [6, 6.07) is 10.9. The Labute approximate surface area is 175 Å². The average molecular weight is 427 g/mol. The summed E-state index contributed by atoms with van der Waals surface area (Å²) in [5.74, 6) is -1.47. The summed E-state index contributed by atoms with van der Waals surface area (Å²) < 4.78 is 39.4. The highest BCUT2D eigenvalue weighted by atomic mass is 32.1. The van der Waals surface area contributed by atoms with Gasteiger partial charge in [-0.3, -0.25) is 15.3 Å². The van der Waals surface area contributed by atoms with Crippen molar-refractivity contribution in [3.05, 3.63) is 53.3 Å². The van der Waals surface area contributed by atoms with Crippen LogP contribution < -0.4 is 10.1 Å². The van der Waals surface area contributed by atoms with Gasteiger partial charge in [0.1, 0.15) is 23.6 Å². The Morgan fingerprint density at radius 3 is 2.97 bits per heavy atom. The van der Waals surface area contributed by atoms with Crippen molar-refractivity contribution in [3.8, 4) is 17.2 Å². The molecule has 0 spiro atoms. The quantitative estimate of drug-likeness (QED) is 0.492. The second-order valence-electron chi connectivity index (χ2n) is 7.44. The van der Waals surface area contributed by atoms with Crippen LogP contribution in [-0.4, -0.2) is 42.0 Å². The van der Waals surface area contributed by atoms with E-state index in [0.717, 1.165) is 10.1 Å². The molecule has 1 N–H and O–H groups in total. The van der Waals surface area contributed by atoms with Crippen LogP contribution in [0.15, 0.2) is 52.4 Å². The number of hydrogen-bond donors (Lipinski definition) is 1. The smallest absolute Gasteiger partial charge is 0.261 e. The van der Waals surface area contributed by atoms with Gasteiger partial charge in [0.05, 0.1) is 11.9 Å². The standard InChI is InChI=1S/C22H19F2N3O2S/c23-22(24)4-5-27(13-22)6-7-28-15-1-2-19-16(9-15)17(25)10-20(29-19)18-11-21-14(12-26-18)3-8-30-21/h1-3,8-12,25H,4-7,13H2. The molecule has 0 saturated carbocycles. The third kappa shape index (κ3) is 3.80. The van der Waals surface area contributed by atoms with Crippen molar-refractivity contribution in [1.82, 2.24) is 9.88 Å². The molecule has 3 aromatic heterocycles. The molecule has 1 saturated heterocycles. The number of thiophene rings is 1. The van der Waals surface area contributed by atoms with Gasteiger partial charge in [0.2, 0.25) is 0 Å². The van der Waals surface area contributed by atoms with E-state index in [9.17, 15) is 8.78 Å². The maximum atomic E-state index is 13.3. The number of aromatic nitrogens is 1. The fraction of sp³-hybridized carbons (Fsp3) is 0.273. The van der Waals surface area contributed by atoms with E-state index in [-0.39, 0.29) is 13.0 Å². The summed E-state index contributed by atoms with van der Waals surface area (Å²) in [6.45, 7) is 0.937. The Kier molecular flexibility index (Phi) is 4.75.